The first-order valence-corrected chi connectivity index (χ1v) is 7.38. The first kappa shape index (κ1) is 14.2. The van der Waals surface area contributed by atoms with Crippen LogP contribution in [0.15, 0.2) is 32.6 Å². The number of halogens is 3. The molecule has 0 atom stereocenters. The molecule has 0 spiro atoms. The molecule has 1 aromatic carbocycles. The summed E-state index contributed by atoms with van der Waals surface area (Å²) in [4.78, 5) is 4.76. The number of hydrogen-bond acceptors (Lipinski definition) is 5. The Kier molecular flexibility index (Phi) is 3.73. The largest absolute Gasteiger partial charge is 0.494 e. The van der Waals surface area contributed by atoms with Gasteiger partial charge in [0.1, 0.15) is 16.5 Å². The van der Waals surface area contributed by atoms with Crippen molar-refractivity contribution in [2.45, 2.75) is 0 Å². The van der Waals surface area contributed by atoms with Crippen LogP contribution in [0.25, 0.3) is 22.2 Å². The molecule has 0 aliphatic heterocycles. The molecular weight excluding hydrogens is 366 g/mol. The lowest BCUT2D eigenvalue weighted by atomic mass is 10.2. The van der Waals surface area contributed by atoms with Crippen LogP contribution >= 0.6 is 27.3 Å². The van der Waals surface area contributed by atoms with Crippen molar-refractivity contribution in [3.8, 4) is 27.9 Å². The SMILES string of the molecule is COc1c(Br)csc1-c1nc(-c2ccc(F)cc2F)no1. The van der Waals surface area contributed by atoms with Crippen molar-refractivity contribution in [1.82, 2.24) is 10.1 Å². The Morgan fingerprint density at radius 3 is 2.86 bits per heavy atom. The maximum Gasteiger partial charge on any atom is 0.272 e. The molecule has 2 aromatic heterocycles. The van der Waals surface area contributed by atoms with E-state index in [2.05, 4.69) is 26.1 Å². The predicted octanol–water partition coefficient (Wildman–Crippen LogP) is 4.51. The van der Waals surface area contributed by atoms with Gasteiger partial charge in [0, 0.05) is 11.4 Å². The van der Waals surface area contributed by atoms with E-state index in [9.17, 15) is 8.78 Å². The summed E-state index contributed by atoms with van der Waals surface area (Å²) in [6.45, 7) is 0. The number of nitrogens with zero attached hydrogens (tertiary/aromatic N) is 2. The van der Waals surface area contributed by atoms with E-state index in [4.69, 9.17) is 9.26 Å². The van der Waals surface area contributed by atoms with Crippen molar-refractivity contribution >= 4 is 27.3 Å². The maximum absolute atomic E-state index is 13.7. The molecular formula is C13H7BrF2N2O2S. The first-order chi connectivity index (χ1) is 10.1. The van der Waals surface area contributed by atoms with E-state index in [1.165, 1.54) is 24.5 Å². The van der Waals surface area contributed by atoms with Crippen LogP contribution in [0.4, 0.5) is 8.78 Å². The number of thiophene rings is 1. The van der Waals surface area contributed by atoms with E-state index in [0.29, 0.717) is 10.6 Å². The molecule has 8 heteroatoms. The molecule has 0 aliphatic carbocycles. The summed E-state index contributed by atoms with van der Waals surface area (Å²) in [5.41, 5.74) is 0.0704. The molecule has 21 heavy (non-hydrogen) atoms. The molecule has 3 aromatic rings. The second kappa shape index (κ2) is 5.53. The molecule has 0 amide bonds. The maximum atomic E-state index is 13.7. The van der Waals surface area contributed by atoms with Crippen LogP contribution in [0.3, 0.4) is 0 Å². The molecule has 0 radical (unpaired) electrons. The van der Waals surface area contributed by atoms with Gasteiger partial charge in [-0.15, -0.1) is 11.3 Å². The minimum atomic E-state index is -0.748. The van der Waals surface area contributed by atoms with Gasteiger partial charge in [0.25, 0.3) is 5.89 Å². The Bertz CT molecular complexity index is 803. The highest BCUT2D eigenvalue weighted by Crippen LogP contribution is 2.41. The highest BCUT2D eigenvalue weighted by molar-refractivity contribution is 9.10. The van der Waals surface area contributed by atoms with Crippen LogP contribution < -0.4 is 4.74 Å². The van der Waals surface area contributed by atoms with Gasteiger partial charge < -0.3 is 9.26 Å². The lowest BCUT2D eigenvalue weighted by molar-refractivity contribution is 0.406. The highest BCUT2D eigenvalue weighted by Gasteiger charge is 2.20. The van der Waals surface area contributed by atoms with Crippen LogP contribution in [-0.4, -0.2) is 17.3 Å². The zero-order chi connectivity index (χ0) is 15.0. The summed E-state index contributed by atoms with van der Waals surface area (Å²) in [7, 11) is 1.52. The van der Waals surface area contributed by atoms with Crippen molar-refractivity contribution in [3.63, 3.8) is 0 Å². The number of methoxy groups -OCH3 is 1. The fraction of sp³-hybridized carbons (Fsp3) is 0.0769. The average Bonchev–Trinajstić information content (AvgIpc) is 3.05. The zero-order valence-corrected chi connectivity index (χ0v) is 13.0. The number of benzene rings is 1. The van der Waals surface area contributed by atoms with Gasteiger partial charge in [0.2, 0.25) is 5.82 Å². The smallest absolute Gasteiger partial charge is 0.272 e. The van der Waals surface area contributed by atoms with Gasteiger partial charge in [0.05, 0.1) is 17.1 Å². The van der Waals surface area contributed by atoms with E-state index in [1.54, 1.807) is 0 Å². The third-order valence-corrected chi connectivity index (χ3v) is 4.54. The van der Waals surface area contributed by atoms with Crippen LogP contribution in [0.1, 0.15) is 0 Å². The van der Waals surface area contributed by atoms with Crippen molar-refractivity contribution in [2.24, 2.45) is 0 Å². The van der Waals surface area contributed by atoms with Crippen LogP contribution in [0, 0.1) is 11.6 Å². The van der Waals surface area contributed by atoms with Gasteiger partial charge in [-0.25, -0.2) is 8.78 Å². The van der Waals surface area contributed by atoms with E-state index in [1.807, 2.05) is 5.38 Å². The number of hydrogen-bond donors (Lipinski definition) is 0. The molecule has 108 valence electrons. The van der Waals surface area contributed by atoms with Crippen molar-refractivity contribution in [3.05, 3.63) is 39.7 Å². The average molecular weight is 373 g/mol. The lowest BCUT2D eigenvalue weighted by Crippen LogP contribution is -1.88. The molecule has 0 aliphatic rings. The number of aromatic nitrogens is 2. The lowest BCUT2D eigenvalue weighted by Gasteiger charge is -1.98. The first-order valence-electron chi connectivity index (χ1n) is 5.70. The quantitative estimate of drug-likeness (QED) is 0.678. The van der Waals surface area contributed by atoms with Gasteiger partial charge in [-0.1, -0.05) is 5.16 Å². The van der Waals surface area contributed by atoms with Gasteiger partial charge in [-0.3, -0.25) is 0 Å². The molecule has 0 fully saturated rings. The minimum absolute atomic E-state index is 0.0501. The molecule has 2 heterocycles. The van der Waals surface area contributed by atoms with E-state index < -0.39 is 11.6 Å². The molecule has 0 unspecified atom stereocenters. The van der Waals surface area contributed by atoms with E-state index >= 15 is 0 Å². The van der Waals surface area contributed by atoms with E-state index in [0.717, 1.165) is 16.6 Å². The number of ether oxygens (including phenoxy) is 1. The van der Waals surface area contributed by atoms with Gasteiger partial charge in [-0.05, 0) is 28.1 Å². The standard InChI is InChI=1S/C13H7BrF2N2O2S/c1-19-10-8(14)5-21-11(10)13-17-12(18-20-13)7-3-2-6(15)4-9(7)16/h2-5H,1H3. The molecule has 3 rings (SSSR count). The van der Waals surface area contributed by atoms with Crippen LogP contribution in [-0.2, 0) is 0 Å². The molecule has 4 nitrogen and oxygen atoms in total. The second-order valence-electron chi connectivity index (χ2n) is 3.99. The van der Waals surface area contributed by atoms with Crippen molar-refractivity contribution < 1.29 is 18.0 Å². The summed E-state index contributed by atoms with van der Waals surface area (Å²) in [5.74, 6) is -0.587. The number of rotatable bonds is 3. The van der Waals surface area contributed by atoms with Crippen LogP contribution in [0.2, 0.25) is 0 Å². The summed E-state index contributed by atoms with van der Waals surface area (Å²) in [6, 6.07) is 3.17. The fourth-order valence-electron chi connectivity index (χ4n) is 1.76. The molecule has 0 N–H and O–H groups in total. The Morgan fingerprint density at radius 1 is 1.33 bits per heavy atom. The summed E-state index contributed by atoms with van der Waals surface area (Å²) >= 11 is 4.69. The topological polar surface area (TPSA) is 48.2 Å². The molecule has 0 bridgehead atoms. The van der Waals surface area contributed by atoms with Crippen molar-refractivity contribution in [1.29, 1.82) is 0 Å². The Balaban J connectivity index is 2.03. The minimum Gasteiger partial charge on any atom is -0.494 e. The zero-order valence-electron chi connectivity index (χ0n) is 10.6. The fourth-order valence-corrected chi connectivity index (χ4v) is 3.34. The van der Waals surface area contributed by atoms with Gasteiger partial charge in [0.15, 0.2) is 5.75 Å². The molecule has 0 saturated carbocycles. The Morgan fingerprint density at radius 2 is 2.14 bits per heavy atom. The Labute approximate surface area is 130 Å². The summed E-state index contributed by atoms with van der Waals surface area (Å²) in [6.07, 6.45) is 0. The summed E-state index contributed by atoms with van der Waals surface area (Å²) in [5, 5.41) is 5.54. The molecule has 0 saturated heterocycles. The van der Waals surface area contributed by atoms with E-state index in [-0.39, 0.29) is 17.3 Å². The second-order valence-corrected chi connectivity index (χ2v) is 5.73. The van der Waals surface area contributed by atoms with Crippen molar-refractivity contribution in [2.75, 3.05) is 7.11 Å². The third-order valence-electron chi connectivity index (χ3n) is 2.70. The monoisotopic (exact) mass is 372 g/mol. The van der Waals surface area contributed by atoms with Gasteiger partial charge >= 0.3 is 0 Å². The third kappa shape index (κ3) is 2.56. The van der Waals surface area contributed by atoms with Crippen LogP contribution in [0.5, 0.6) is 5.75 Å². The predicted molar refractivity (Wildman–Crippen MR) is 77.2 cm³/mol. The highest BCUT2D eigenvalue weighted by atomic mass is 79.9. The normalized spacial score (nSPS) is 10.9. The summed E-state index contributed by atoms with van der Waals surface area (Å²) < 4.78 is 37.7. The Hall–Kier alpha value is -1.80. The van der Waals surface area contributed by atoms with Gasteiger partial charge in [-0.2, -0.15) is 4.98 Å².